The molecular weight excluding hydrogens is 392 g/mol. The number of sulfonamides is 1. The molecule has 0 saturated carbocycles. The monoisotopic (exact) mass is 412 g/mol. The normalized spacial score (nSPS) is 19.8. The van der Waals surface area contributed by atoms with Gasteiger partial charge in [0.1, 0.15) is 4.21 Å². The summed E-state index contributed by atoms with van der Waals surface area (Å²) in [4.78, 5) is 12.7. The van der Waals surface area contributed by atoms with E-state index in [2.05, 4.69) is 5.32 Å². The summed E-state index contributed by atoms with van der Waals surface area (Å²) >= 11 is 7.21. The fraction of sp³-hybridized carbons (Fsp3) is 0.389. The van der Waals surface area contributed by atoms with Gasteiger partial charge in [-0.1, -0.05) is 29.8 Å². The third-order valence-corrected chi connectivity index (χ3v) is 8.02. The lowest BCUT2D eigenvalue weighted by Crippen LogP contribution is -2.45. The predicted octanol–water partition coefficient (Wildman–Crippen LogP) is 3.68. The molecule has 1 saturated heterocycles. The molecule has 140 valence electrons. The average Bonchev–Trinajstić information content (AvgIpc) is 3.17. The van der Waals surface area contributed by atoms with E-state index >= 15 is 0 Å². The van der Waals surface area contributed by atoms with Gasteiger partial charge >= 0.3 is 0 Å². The highest BCUT2D eigenvalue weighted by Crippen LogP contribution is 2.27. The lowest BCUT2D eigenvalue weighted by Gasteiger charge is -2.31. The van der Waals surface area contributed by atoms with Crippen molar-refractivity contribution in [3.05, 3.63) is 52.4 Å². The quantitative estimate of drug-likeness (QED) is 0.814. The number of nitrogens with zero attached hydrogens (tertiary/aromatic N) is 1. The van der Waals surface area contributed by atoms with Gasteiger partial charge in [0.2, 0.25) is 5.91 Å². The Labute approximate surface area is 163 Å². The van der Waals surface area contributed by atoms with Crippen LogP contribution in [-0.2, 0) is 14.8 Å². The standard InChI is InChI=1S/C18H21ClN2O3S2/c1-13(14-5-2-7-16(19)11-14)20-18(22)15-6-3-9-21(12-15)26(23,24)17-8-4-10-25-17/h2,4-5,7-8,10-11,13,15H,3,6,9,12H2,1H3,(H,20,22)/t13-,15+/m1/s1. The maximum absolute atomic E-state index is 12.7. The number of rotatable bonds is 5. The van der Waals surface area contributed by atoms with Crippen molar-refractivity contribution in [1.29, 1.82) is 0 Å². The average molecular weight is 413 g/mol. The zero-order chi connectivity index (χ0) is 18.7. The lowest BCUT2D eigenvalue weighted by atomic mass is 9.98. The van der Waals surface area contributed by atoms with Gasteiger partial charge in [-0.05, 0) is 48.9 Å². The molecule has 2 aromatic rings. The number of carbonyl (C=O) groups excluding carboxylic acids is 1. The van der Waals surface area contributed by atoms with Crippen molar-refractivity contribution in [3.63, 3.8) is 0 Å². The minimum atomic E-state index is -3.52. The van der Waals surface area contributed by atoms with E-state index in [1.54, 1.807) is 23.6 Å². The van der Waals surface area contributed by atoms with Gasteiger partial charge in [0.15, 0.2) is 0 Å². The first-order valence-corrected chi connectivity index (χ1v) is 11.2. The Balaban J connectivity index is 1.66. The minimum absolute atomic E-state index is 0.122. The Morgan fingerprint density at radius 3 is 2.85 bits per heavy atom. The number of piperidine rings is 1. The topological polar surface area (TPSA) is 66.5 Å². The summed E-state index contributed by atoms with van der Waals surface area (Å²) < 4.78 is 27.1. The minimum Gasteiger partial charge on any atom is -0.349 e. The van der Waals surface area contributed by atoms with E-state index in [9.17, 15) is 13.2 Å². The molecule has 5 nitrogen and oxygen atoms in total. The van der Waals surface area contributed by atoms with Crippen molar-refractivity contribution < 1.29 is 13.2 Å². The summed E-state index contributed by atoms with van der Waals surface area (Å²) in [5.41, 5.74) is 0.921. The van der Waals surface area contributed by atoms with Gasteiger partial charge in [-0.25, -0.2) is 8.42 Å². The van der Waals surface area contributed by atoms with Gasteiger partial charge in [0.05, 0.1) is 12.0 Å². The molecule has 1 amide bonds. The van der Waals surface area contributed by atoms with E-state index in [-0.39, 0.29) is 24.4 Å². The van der Waals surface area contributed by atoms with E-state index in [4.69, 9.17) is 11.6 Å². The van der Waals surface area contributed by atoms with Crippen molar-refractivity contribution in [2.45, 2.75) is 30.0 Å². The van der Waals surface area contributed by atoms with E-state index in [1.807, 2.05) is 25.1 Å². The molecule has 1 fully saturated rings. The van der Waals surface area contributed by atoms with Gasteiger partial charge in [-0.2, -0.15) is 4.31 Å². The third-order valence-electron chi connectivity index (χ3n) is 4.55. The first-order chi connectivity index (χ1) is 12.4. The van der Waals surface area contributed by atoms with E-state index in [0.29, 0.717) is 28.6 Å². The number of amides is 1. The molecule has 26 heavy (non-hydrogen) atoms. The van der Waals surface area contributed by atoms with Gasteiger partial charge in [-0.3, -0.25) is 4.79 Å². The fourth-order valence-electron chi connectivity index (χ4n) is 3.10. The molecule has 0 bridgehead atoms. The van der Waals surface area contributed by atoms with Crippen LogP contribution < -0.4 is 5.32 Å². The number of hydrogen-bond acceptors (Lipinski definition) is 4. The Morgan fingerprint density at radius 2 is 2.15 bits per heavy atom. The summed E-state index contributed by atoms with van der Waals surface area (Å²) in [6, 6.07) is 10.5. The number of nitrogens with one attached hydrogen (secondary N) is 1. The van der Waals surface area contributed by atoms with Crippen LogP contribution >= 0.6 is 22.9 Å². The van der Waals surface area contributed by atoms with Gasteiger partial charge in [-0.15, -0.1) is 11.3 Å². The predicted molar refractivity (Wildman–Crippen MR) is 104 cm³/mol. The summed E-state index contributed by atoms with van der Waals surface area (Å²) in [6.07, 6.45) is 1.36. The van der Waals surface area contributed by atoms with Crippen LogP contribution in [-0.4, -0.2) is 31.7 Å². The Morgan fingerprint density at radius 1 is 1.35 bits per heavy atom. The van der Waals surface area contributed by atoms with Crippen LogP contribution in [0.1, 0.15) is 31.4 Å². The SMILES string of the molecule is C[C@@H](NC(=O)[C@H]1CCCN(S(=O)(=O)c2cccs2)C1)c1cccc(Cl)c1. The summed E-state index contributed by atoms with van der Waals surface area (Å²) in [6.45, 7) is 2.56. The molecule has 1 N–H and O–H groups in total. The molecule has 2 atom stereocenters. The smallest absolute Gasteiger partial charge is 0.252 e. The molecule has 1 aromatic carbocycles. The first kappa shape index (κ1) is 19.4. The van der Waals surface area contributed by atoms with Crippen LogP contribution in [0.25, 0.3) is 0 Å². The highest BCUT2D eigenvalue weighted by Gasteiger charge is 2.34. The Bertz CT molecular complexity index is 868. The molecule has 3 rings (SSSR count). The number of thiophene rings is 1. The number of halogens is 1. The largest absolute Gasteiger partial charge is 0.349 e. The van der Waals surface area contributed by atoms with Crippen LogP contribution in [0, 0.1) is 5.92 Å². The molecule has 2 heterocycles. The third kappa shape index (κ3) is 4.28. The van der Waals surface area contributed by atoms with Gasteiger partial charge in [0.25, 0.3) is 10.0 Å². The molecule has 0 radical (unpaired) electrons. The molecule has 0 unspecified atom stereocenters. The molecule has 1 aliphatic heterocycles. The zero-order valence-electron chi connectivity index (χ0n) is 14.4. The van der Waals surface area contributed by atoms with Gasteiger partial charge < -0.3 is 5.32 Å². The first-order valence-electron chi connectivity index (χ1n) is 8.47. The molecule has 1 aliphatic rings. The molecule has 0 aliphatic carbocycles. The lowest BCUT2D eigenvalue weighted by molar-refractivity contribution is -0.126. The highest BCUT2D eigenvalue weighted by atomic mass is 35.5. The Kier molecular flexibility index (Phi) is 6.02. The second kappa shape index (κ2) is 8.08. The van der Waals surface area contributed by atoms with Crippen molar-refractivity contribution in [2.24, 2.45) is 5.92 Å². The number of carbonyl (C=O) groups is 1. The van der Waals surface area contributed by atoms with Crippen LogP contribution in [0.5, 0.6) is 0 Å². The van der Waals surface area contributed by atoms with Crippen molar-refractivity contribution in [1.82, 2.24) is 9.62 Å². The molecule has 0 spiro atoms. The van der Waals surface area contributed by atoms with Gasteiger partial charge in [0, 0.05) is 18.1 Å². The second-order valence-corrected chi connectivity index (χ2v) is 9.97. The van der Waals surface area contributed by atoms with Crippen LogP contribution in [0.4, 0.5) is 0 Å². The maximum atomic E-state index is 12.7. The zero-order valence-corrected chi connectivity index (χ0v) is 16.8. The van der Waals surface area contributed by atoms with E-state index < -0.39 is 10.0 Å². The van der Waals surface area contributed by atoms with E-state index in [1.165, 1.54) is 15.6 Å². The molecular formula is C18H21ClN2O3S2. The summed E-state index contributed by atoms with van der Waals surface area (Å²) in [5, 5.41) is 5.35. The van der Waals surface area contributed by atoms with E-state index in [0.717, 1.165) is 5.56 Å². The van der Waals surface area contributed by atoms with Crippen molar-refractivity contribution >= 4 is 38.9 Å². The second-order valence-electron chi connectivity index (χ2n) is 6.42. The van der Waals surface area contributed by atoms with Crippen LogP contribution in [0.2, 0.25) is 5.02 Å². The summed E-state index contributed by atoms with van der Waals surface area (Å²) in [7, 11) is -3.52. The molecule has 1 aromatic heterocycles. The maximum Gasteiger partial charge on any atom is 0.252 e. The van der Waals surface area contributed by atoms with Crippen LogP contribution in [0.15, 0.2) is 46.0 Å². The summed E-state index contributed by atoms with van der Waals surface area (Å²) in [5.74, 6) is -0.469. The number of hydrogen-bond donors (Lipinski definition) is 1. The van der Waals surface area contributed by atoms with Crippen LogP contribution in [0.3, 0.4) is 0 Å². The highest BCUT2D eigenvalue weighted by molar-refractivity contribution is 7.91. The molecule has 8 heteroatoms. The Hall–Kier alpha value is -1.41. The fourth-order valence-corrected chi connectivity index (χ4v) is 5.97. The number of benzene rings is 1. The van der Waals surface area contributed by atoms with Crippen molar-refractivity contribution in [2.75, 3.05) is 13.1 Å². The van der Waals surface area contributed by atoms with Crippen molar-refractivity contribution in [3.8, 4) is 0 Å².